The Kier molecular flexibility index (Phi) is 5.28. The Hall–Kier alpha value is -0.730. The Balaban J connectivity index is 2.69. The lowest BCUT2D eigenvalue weighted by atomic mass is 10.1. The number of sulfone groups is 1. The number of halogens is 1. The highest BCUT2D eigenvalue weighted by molar-refractivity contribution is 9.10. The lowest BCUT2D eigenvalue weighted by molar-refractivity contribution is -0.119. The Morgan fingerprint density at radius 3 is 2.53 bits per heavy atom. The number of hydrogen-bond donors (Lipinski definition) is 1. The molecule has 108 valence electrons. The molecule has 0 saturated carbocycles. The Bertz CT molecular complexity index is 580. The van der Waals surface area contributed by atoms with E-state index < -0.39 is 15.9 Å². The van der Waals surface area contributed by atoms with Gasteiger partial charge in [-0.05, 0) is 29.3 Å². The molecule has 0 amide bonds. The monoisotopic (exact) mass is 351 g/mol. The van der Waals surface area contributed by atoms with Crippen LogP contribution in [0.3, 0.4) is 0 Å². The van der Waals surface area contributed by atoms with Crippen molar-refractivity contribution in [1.82, 2.24) is 9.78 Å². The zero-order valence-corrected chi connectivity index (χ0v) is 13.6. The van der Waals surface area contributed by atoms with Crippen LogP contribution in [-0.4, -0.2) is 42.0 Å². The quantitative estimate of drug-likeness (QED) is 0.798. The predicted molar refractivity (Wildman–Crippen MR) is 76.7 cm³/mol. The maximum absolute atomic E-state index is 12.0. The molecule has 0 fully saturated rings. The van der Waals surface area contributed by atoms with Crippen LogP contribution in [0, 0.1) is 6.92 Å². The third kappa shape index (κ3) is 4.70. The molecular weight excluding hydrogens is 334 g/mol. The van der Waals surface area contributed by atoms with E-state index in [1.165, 1.54) is 0 Å². The van der Waals surface area contributed by atoms with Crippen molar-refractivity contribution in [1.29, 1.82) is 0 Å². The highest BCUT2D eigenvalue weighted by atomic mass is 79.9. The second-order valence-electron chi connectivity index (χ2n) is 4.64. The summed E-state index contributed by atoms with van der Waals surface area (Å²) in [6.45, 7) is 1.83. The SMILES string of the molecule is Cc1nn(C)c(CC(=O)C(N)CCS(C)(=O)=O)c1Br. The second-order valence-corrected chi connectivity index (χ2v) is 7.69. The standard InChI is InChI=1S/C11H18BrN3O3S/c1-7-11(12)9(15(2)14-7)6-10(16)8(13)4-5-19(3,17)18/h8H,4-6,13H2,1-3H3. The Morgan fingerprint density at radius 2 is 2.11 bits per heavy atom. The maximum atomic E-state index is 12.0. The van der Waals surface area contributed by atoms with Gasteiger partial charge in [-0.25, -0.2) is 8.42 Å². The highest BCUT2D eigenvalue weighted by Gasteiger charge is 2.20. The number of rotatable bonds is 6. The normalized spacial score (nSPS) is 13.5. The van der Waals surface area contributed by atoms with Crippen molar-refractivity contribution in [2.24, 2.45) is 12.8 Å². The number of carbonyl (C=O) groups excluding carboxylic acids is 1. The lowest BCUT2D eigenvalue weighted by Crippen LogP contribution is -2.34. The van der Waals surface area contributed by atoms with E-state index in [-0.39, 0.29) is 24.4 Å². The molecule has 1 atom stereocenters. The fraction of sp³-hybridized carbons (Fsp3) is 0.636. The lowest BCUT2D eigenvalue weighted by Gasteiger charge is -2.10. The van der Waals surface area contributed by atoms with E-state index in [0.29, 0.717) is 0 Å². The van der Waals surface area contributed by atoms with Gasteiger partial charge in [-0.3, -0.25) is 9.48 Å². The van der Waals surface area contributed by atoms with Crippen molar-refractivity contribution in [3.63, 3.8) is 0 Å². The van der Waals surface area contributed by atoms with E-state index in [1.54, 1.807) is 11.7 Å². The molecule has 8 heteroatoms. The van der Waals surface area contributed by atoms with Crippen LogP contribution in [0.5, 0.6) is 0 Å². The van der Waals surface area contributed by atoms with Gasteiger partial charge in [0.05, 0.1) is 34.1 Å². The maximum Gasteiger partial charge on any atom is 0.155 e. The molecule has 0 aromatic carbocycles. The molecule has 19 heavy (non-hydrogen) atoms. The molecule has 1 aromatic rings. The topological polar surface area (TPSA) is 95.0 Å². The van der Waals surface area contributed by atoms with Gasteiger partial charge in [0.25, 0.3) is 0 Å². The number of hydrogen-bond acceptors (Lipinski definition) is 5. The summed E-state index contributed by atoms with van der Waals surface area (Å²) in [5.74, 6) is -0.266. The third-order valence-corrected chi connectivity index (χ3v) is 4.83. The van der Waals surface area contributed by atoms with Crippen LogP contribution in [0.15, 0.2) is 4.47 Å². The average Bonchev–Trinajstić information content (AvgIpc) is 2.51. The number of carbonyl (C=O) groups is 1. The molecule has 1 heterocycles. The summed E-state index contributed by atoms with van der Waals surface area (Å²) in [6, 6.07) is -0.767. The first kappa shape index (κ1) is 16.3. The molecule has 1 rings (SSSR count). The van der Waals surface area contributed by atoms with Gasteiger partial charge in [-0.1, -0.05) is 0 Å². The van der Waals surface area contributed by atoms with Crippen molar-refractivity contribution in [2.75, 3.05) is 12.0 Å². The number of ketones is 1. The summed E-state index contributed by atoms with van der Waals surface area (Å²) in [4.78, 5) is 12.0. The van der Waals surface area contributed by atoms with E-state index >= 15 is 0 Å². The van der Waals surface area contributed by atoms with Crippen molar-refractivity contribution < 1.29 is 13.2 Å². The van der Waals surface area contributed by atoms with Crippen LogP contribution in [-0.2, 0) is 28.1 Å². The third-order valence-electron chi connectivity index (χ3n) is 2.82. The molecule has 0 bridgehead atoms. The summed E-state index contributed by atoms with van der Waals surface area (Å²) in [5.41, 5.74) is 7.27. The molecule has 1 aromatic heterocycles. The summed E-state index contributed by atoms with van der Waals surface area (Å²) < 4.78 is 24.5. The first-order chi connectivity index (χ1) is 8.61. The van der Waals surface area contributed by atoms with E-state index in [1.807, 2.05) is 6.92 Å². The van der Waals surface area contributed by atoms with E-state index in [0.717, 1.165) is 22.1 Å². The molecule has 2 N–H and O–H groups in total. The number of nitrogens with two attached hydrogens (primary N) is 1. The molecule has 6 nitrogen and oxygen atoms in total. The van der Waals surface area contributed by atoms with Crippen molar-refractivity contribution in [3.05, 3.63) is 15.9 Å². The second kappa shape index (κ2) is 6.15. The van der Waals surface area contributed by atoms with Gasteiger partial charge < -0.3 is 5.73 Å². The Morgan fingerprint density at radius 1 is 1.53 bits per heavy atom. The molecule has 0 radical (unpaired) electrons. The summed E-state index contributed by atoms with van der Waals surface area (Å²) in [5, 5.41) is 4.19. The van der Waals surface area contributed by atoms with Crippen LogP contribution < -0.4 is 5.73 Å². The van der Waals surface area contributed by atoms with E-state index in [9.17, 15) is 13.2 Å². The number of Topliss-reactive ketones (excluding diaryl/α,β-unsaturated/α-hetero) is 1. The summed E-state index contributed by atoms with van der Waals surface area (Å²) in [6.07, 6.45) is 1.42. The molecule has 0 aliphatic carbocycles. The molecule has 0 spiro atoms. The van der Waals surface area contributed by atoms with Crippen molar-refractivity contribution >= 4 is 31.6 Å². The molecule has 0 aliphatic rings. The largest absolute Gasteiger partial charge is 0.321 e. The summed E-state index contributed by atoms with van der Waals surface area (Å²) >= 11 is 3.38. The van der Waals surface area contributed by atoms with Gasteiger partial charge in [0, 0.05) is 13.3 Å². The average molecular weight is 352 g/mol. The van der Waals surface area contributed by atoms with Gasteiger partial charge in [0.1, 0.15) is 9.84 Å². The predicted octanol–water partition coefficient (Wildman–Crippen LogP) is 0.365. The van der Waals surface area contributed by atoms with Crippen LogP contribution >= 0.6 is 15.9 Å². The zero-order valence-electron chi connectivity index (χ0n) is 11.2. The number of aromatic nitrogens is 2. The molecule has 0 saturated heterocycles. The smallest absolute Gasteiger partial charge is 0.155 e. The summed E-state index contributed by atoms with van der Waals surface area (Å²) in [7, 11) is -1.34. The van der Waals surface area contributed by atoms with Gasteiger partial charge in [0.2, 0.25) is 0 Å². The zero-order chi connectivity index (χ0) is 14.8. The van der Waals surface area contributed by atoms with Gasteiger partial charge in [0.15, 0.2) is 5.78 Å². The van der Waals surface area contributed by atoms with Crippen LogP contribution in [0.4, 0.5) is 0 Å². The van der Waals surface area contributed by atoms with E-state index in [4.69, 9.17) is 5.73 Å². The van der Waals surface area contributed by atoms with Crippen LogP contribution in [0.25, 0.3) is 0 Å². The van der Waals surface area contributed by atoms with Crippen LogP contribution in [0.1, 0.15) is 17.8 Å². The van der Waals surface area contributed by atoms with Crippen LogP contribution in [0.2, 0.25) is 0 Å². The van der Waals surface area contributed by atoms with Gasteiger partial charge in [-0.15, -0.1) is 0 Å². The van der Waals surface area contributed by atoms with Crippen molar-refractivity contribution in [3.8, 4) is 0 Å². The van der Waals surface area contributed by atoms with Gasteiger partial charge >= 0.3 is 0 Å². The first-order valence-corrected chi connectivity index (χ1v) is 8.61. The molecule has 1 unspecified atom stereocenters. The fourth-order valence-electron chi connectivity index (χ4n) is 1.67. The molecular formula is C11H18BrN3O3S. The number of nitrogens with zero attached hydrogens (tertiary/aromatic N) is 2. The minimum absolute atomic E-state index is 0.0779. The minimum Gasteiger partial charge on any atom is -0.321 e. The Labute approximate surface area is 121 Å². The van der Waals surface area contributed by atoms with Crippen molar-refractivity contribution in [2.45, 2.75) is 25.8 Å². The minimum atomic E-state index is -3.10. The molecule has 0 aliphatic heterocycles. The highest BCUT2D eigenvalue weighted by Crippen LogP contribution is 2.21. The van der Waals surface area contributed by atoms with E-state index in [2.05, 4.69) is 21.0 Å². The number of aryl methyl sites for hydroxylation is 2. The fourth-order valence-corrected chi connectivity index (χ4v) is 2.83. The first-order valence-electron chi connectivity index (χ1n) is 5.76. The van der Waals surface area contributed by atoms with Gasteiger partial charge in [-0.2, -0.15) is 5.10 Å².